The van der Waals surface area contributed by atoms with Crippen LogP contribution in [0.5, 0.6) is 0 Å². The lowest BCUT2D eigenvalue weighted by Gasteiger charge is -1.99. The van der Waals surface area contributed by atoms with Crippen LogP contribution in [0.3, 0.4) is 0 Å². The van der Waals surface area contributed by atoms with Crippen molar-refractivity contribution in [1.29, 1.82) is 0 Å². The van der Waals surface area contributed by atoms with Crippen molar-refractivity contribution in [3.05, 3.63) is 0 Å². The van der Waals surface area contributed by atoms with Gasteiger partial charge in [-0.05, 0) is 13.3 Å². The van der Waals surface area contributed by atoms with Gasteiger partial charge in [-0.3, -0.25) is 4.79 Å². The SMILES string of the molecule is [B]CCCCC(=O)OCC. The third kappa shape index (κ3) is 5.67. The molecule has 0 amide bonds. The minimum atomic E-state index is -0.115. The standard InChI is InChI=1S/C7H13BO2/c1-2-10-7(9)5-3-4-6-8/h2-6H2,1H3. The molecule has 0 aromatic heterocycles. The Labute approximate surface area is 63.4 Å². The highest BCUT2D eigenvalue weighted by Crippen LogP contribution is 1.99. The van der Waals surface area contributed by atoms with Crippen LogP contribution in [0, 0.1) is 0 Å². The number of esters is 1. The second-order valence-electron chi connectivity index (χ2n) is 2.05. The molecule has 2 radical (unpaired) electrons. The van der Waals surface area contributed by atoms with Gasteiger partial charge < -0.3 is 4.74 Å². The molecule has 0 heterocycles. The average molecular weight is 140 g/mol. The molecule has 0 unspecified atom stereocenters. The molecule has 0 rings (SSSR count). The van der Waals surface area contributed by atoms with Crippen LogP contribution in [0.4, 0.5) is 0 Å². The number of hydrogen-bond acceptors (Lipinski definition) is 2. The van der Waals surface area contributed by atoms with E-state index in [1.807, 2.05) is 0 Å². The predicted octanol–water partition coefficient (Wildman–Crippen LogP) is 1.31. The quantitative estimate of drug-likeness (QED) is 0.327. The zero-order valence-corrected chi connectivity index (χ0v) is 6.43. The lowest BCUT2D eigenvalue weighted by Crippen LogP contribution is -2.02. The van der Waals surface area contributed by atoms with Crippen LogP contribution in [0.1, 0.15) is 26.2 Å². The normalized spacial score (nSPS) is 9.30. The summed E-state index contributed by atoms with van der Waals surface area (Å²) in [6.07, 6.45) is 2.90. The summed E-state index contributed by atoms with van der Waals surface area (Å²) in [4.78, 5) is 10.7. The van der Waals surface area contributed by atoms with Crippen molar-refractivity contribution >= 4 is 13.8 Å². The largest absolute Gasteiger partial charge is 0.466 e. The Hall–Kier alpha value is -0.465. The fraction of sp³-hybridized carbons (Fsp3) is 0.857. The van der Waals surface area contributed by atoms with Crippen molar-refractivity contribution in [3.63, 3.8) is 0 Å². The van der Waals surface area contributed by atoms with Gasteiger partial charge in [0.25, 0.3) is 0 Å². The molecule has 0 aliphatic heterocycles. The summed E-state index contributed by atoms with van der Waals surface area (Å²) in [5.41, 5.74) is 0. The molecule has 0 atom stereocenters. The summed E-state index contributed by atoms with van der Waals surface area (Å²) in [7, 11) is 5.24. The van der Waals surface area contributed by atoms with E-state index >= 15 is 0 Å². The molecule has 0 saturated heterocycles. The maximum absolute atomic E-state index is 10.7. The maximum atomic E-state index is 10.7. The maximum Gasteiger partial charge on any atom is 0.305 e. The summed E-state index contributed by atoms with van der Waals surface area (Å²) in [5.74, 6) is -0.115. The molecule has 0 aromatic carbocycles. The lowest BCUT2D eigenvalue weighted by molar-refractivity contribution is -0.143. The van der Waals surface area contributed by atoms with E-state index in [1.54, 1.807) is 6.92 Å². The van der Waals surface area contributed by atoms with Gasteiger partial charge in [-0.2, -0.15) is 0 Å². The van der Waals surface area contributed by atoms with Gasteiger partial charge in [-0.25, -0.2) is 0 Å². The molecule has 56 valence electrons. The van der Waals surface area contributed by atoms with Gasteiger partial charge in [0.05, 0.1) is 14.5 Å². The minimum absolute atomic E-state index is 0.115. The molecule has 0 aromatic rings. The topological polar surface area (TPSA) is 26.3 Å². The van der Waals surface area contributed by atoms with Gasteiger partial charge in [0, 0.05) is 6.42 Å². The summed E-state index contributed by atoms with van der Waals surface area (Å²) in [6.45, 7) is 2.28. The Balaban J connectivity index is 3.05. The van der Waals surface area contributed by atoms with Gasteiger partial charge in [0.15, 0.2) is 0 Å². The second kappa shape index (κ2) is 6.65. The highest BCUT2D eigenvalue weighted by Gasteiger charge is 1.98. The Bertz CT molecular complexity index is 93.6. The first-order valence-corrected chi connectivity index (χ1v) is 3.67. The molecule has 2 nitrogen and oxygen atoms in total. The molecule has 0 spiro atoms. The van der Waals surface area contributed by atoms with Crippen molar-refractivity contribution in [3.8, 4) is 0 Å². The molecule has 10 heavy (non-hydrogen) atoms. The van der Waals surface area contributed by atoms with Gasteiger partial charge in [0.1, 0.15) is 0 Å². The van der Waals surface area contributed by atoms with Crippen LogP contribution in [-0.4, -0.2) is 20.4 Å². The van der Waals surface area contributed by atoms with Gasteiger partial charge in [0.2, 0.25) is 0 Å². The monoisotopic (exact) mass is 140 g/mol. The third-order valence-electron chi connectivity index (χ3n) is 1.14. The van der Waals surface area contributed by atoms with E-state index in [1.165, 1.54) is 0 Å². The first-order valence-electron chi connectivity index (χ1n) is 3.67. The third-order valence-corrected chi connectivity index (χ3v) is 1.14. The summed E-state index contributed by atoms with van der Waals surface area (Å²) in [5, 5.41) is 0. The van der Waals surface area contributed by atoms with Crippen LogP contribution in [0.2, 0.25) is 6.32 Å². The molecular formula is C7H13BO2. The molecular weight excluding hydrogens is 127 g/mol. The zero-order chi connectivity index (χ0) is 7.82. The Morgan fingerprint density at radius 1 is 1.50 bits per heavy atom. The molecule has 0 fully saturated rings. The van der Waals surface area contributed by atoms with Crippen LogP contribution >= 0.6 is 0 Å². The first kappa shape index (κ1) is 9.53. The van der Waals surface area contributed by atoms with E-state index in [0.29, 0.717) is 19.3 Å². The van der Waals surface area contributed by atoms with Crippen molar-refractivity contribution in [2.24, 2.45) is 0 Å². The minimum Gasteiger partial charge on any atom is -0.466 e. The van der Waals surface area contributed by atoms with Gasteiger partial charge in [-0.1, -0.05) is 12.7 Å². The van der Waals surface area contributed by atoms with Crippen molar-refractivity contribution in [2.75, 3.05) is 6.61 Å². The molecule has 0 bridgehead atoms. The number of carbonyl (C=O) groups excluding carboxylic acids is 1. The Morgan fingerprint density at radius 2 is 2.20 bits per heavy atom. The Kier molecular flexibility index (Phi) is 6.34. The lowest BCUT2D eigenvalue weighted by atomic mass is 10.00. The Morgan fingerprint density at radius 3 is 2.70 bits per heavy atom. The van der Waals surface area contributed by atoms with Crippen LogP contribution in [0.15, 0.2) is 0 Å². The number of unbranched alkanes of at least 4 members (excludes halogenated alkanes) is 1. The van der Waals surface area contributed by atoms with Crippen LogP contribution in [0.25, 0.3) is 0 Å². The fourth-order valence-corrected chi connectivity index (χ4v) is 0.647. The van der Waals surface area contributed by atoms with Crippen LogP contribution in [-0.2, 0) is 9.53 Å². The van der Waals surface area contributed by atoms with Crippen LogP contribution < -0.4 is 0 Å². The number of ether oxygens (including phenoxy) is 1. The smallest absolute Gasteiger partial charge is 0.305 e. The van der Waals surface area contributed by atoms with Gasteiger partial charge >= 0.3 is 5.97 Å². The second-order valence-corrected chi connectivity index (χ2v) is 2.05. The molecule has 0 aliphatic rings. The van der Waals surface area contributed by atoms with E-state index in [2.05, 4.69) is 0 Å². The highest BCUT2D eigenvalue weighted by atomic mass is 16.5. The summed E-state index contributed by atoms with van der Waals surface area (Å²) < 4.78 is 4.71. The molecule has 0 aliphatic carbocycles. The summed E-state index contributed by atoms with van der Waals surface area (Å²) >= 11 is 0. The van der Waals surface area contributed by atoms with E-state index < -0.39 is 0 Å². The van der Waals surface area contributed by atoms with Crippen molar-refractivity contribution in [1.82, 2.24) is 0 Å². The number of hydrogen-bond donors (Lipinski definition) is 0. The van der Waals surface area contributed by atoms with E-state index in [9.17, 15) is 4.79 Å². The summed E-state index contributed by atoms with van der Waals surface area (Å²) in [6, 6.07) is 0. The number of carbonyl (C=O) groups is 1. The fourth-order valence-electron chi connectivity index (χ4n) is 0.647. The molecule has 0 N–H and O–H groups in total. The van der Waals surface area contributed by atoms with E-state index in [-0.39, 0.29) is 5.97 Å². The van der Waals surface area contributed by atoms with Crippen molar-refractivity contribution < 1.29 is 9.53 Å². The van der Waals surface area contributed by atoms with E-state index in [4.69, 9.17) is 12.6 Å². The van der Waals surface area contributed by atoms with Gasteiger partial charge in [-0.15, -0.1) is 0 Å². The molecule has 3 heteroatoms. The average Bonchev–Trinajstić information content (AvgIpc) is 1.89. The first-order chi connectivity index (χ1) is 4.81. The predicted molar refractivity (Wildman–Crippen MR) is 41.0 cm³/mol. The number of rotatable bonds is 5. The molecule has 0 saturated carbocycles. The highest BCUT2D eigenvalue weighted by molar-refractivity contribution is 6.08. The van der Waals surface area contributed by atoms with E-state index in [0.717, 1.165) is 12.8 Å². The zero-order valence-electron chi connectivity index (χ0n) is 6.43. The van der Waals surface area contributed by atoms with Crippen molar-refractivity contribution in [2.45, 2.75) is 32.5 Å².